The molecule has 5 heteroatoms. The number of rotatable bonds is 4. The zero-order valence-corrected chi connectivity index (χ0v) is 16.2. The number of nitrogens with two attached hydrogens (primary N) is 1. The molecule has 3 aromatic rings. The predicted octanol–water partition coefficient (Wildman–Crippen LogP) is 4.89. The van der Waals surface area contributed by atoms with Gasteiger partial charge in [-0.25, -0.2) is 0 Å². The number of anilines is 2. The number of carbonyl (C=O) groups excluding carboxylic acids is 1. The van der Waals surface area contributed by atoms with Crippen molar-refractivity contribution in [2.24, 2.45) is 0 Å². The van der Waals surface area contributed by atoms with Crippen LogP contribution in [0.15, 0.2) is 60.7 Å². The first-order valence-electron chi connectivity index (χ1n) is 9.74. The normalized spacial score (nSPS) is 15.8. The fraction of sp³-hybridized carbons (Fsp3) is 0.208. The van der Waals surface area contributed by atoms with Crippen LogP contribution in [0.5, 0.6) is 11.5 Å². The first-order valence-corrected chi connectivity index (χ1v) is 9.74. The average molecular weight is 388 g/mol. The molecule has 0 bridgehead atoms. The molecular weight excluding hydrogens is 364 g/mol. The molecule has 1 fully saturated rings. The molecule has 3 aromatic carbocycles. The van der Waals surface area contributed by atoms with Gasteiger partial charge in [-0.1, -0.05) is 30.3 Å². The van der Waals surface area contributed by atoms with Gasteiger partial charge in [0, 0.05) is 18.4 Å². The van der Waals surface area contributed by atoms with E-state index in [-0.39, 0.29) is 14.1 Å². The van der Waals surface area contributed by atoms with Gasteiger partial charge in [-0.15, -0.1) is 0 Å². The maximum Gasteiger partial charge on any atom is 0.235 e. The second-order valence-corrected chi connectivity index (χ2v) is 7.72. The minimum Gasteiger partial charge on any atom is -0.454 e. The molecule has 0 radical (unpaired) electrons. The van der Waals surface area contributed by atoms with Gasteiger partial charge in [0.1, 0.15) is 0 Å². The van der Waals surface area contributed by atoms with E-state index in [1.165, 1.54) is 0 Å². The average Bonchev–Trinajstić information content (AvgIpc) is 3.41. The number of nitrogens with one attached hydrogen (secondary N) is 1. The highest BCUT2D eigenvalue weighted by molar-refractivity contribution is 6.02. The summed E-state index contributed by atoms with van der Waals surface area (Å²) in [7, 11) is 0. The molecule has 1 amide bonds. The van der Waals surface area contributed by atoms with Gasteiger partial charge < -0.3 is 20.5 Å². The molecule has 1 heterocycles. The van der Waals surface area contributed by atoms with E-state index in [4.69, 9.17) is 15.2 Å². The van der Waals surface area contributed by atoms with Crippen LogP contribution < -0.4 is 20.5 Å². The van der Waals surface area contributed by atoms with Crippen molar-refractivity contribution in [3.05, 3.63) is 71.8 Å². The topological polar surface area (TPSA) is 73.6 Å². The van der Waals surface area contributed by atoms with E-state index < -0.39 is 5.41 Å². The van der Waals surface area contributed by atoms with Crippen LogP contribution in [-0.2, 0) is 10.2 Å². The smallest absolute Gasteiger partial charge is 0.235 e. The van der Waals surface area contributed by atoms with E-state index in [0.717, 1.165) is 52.2 Å². The lowest BCUT2D eigenvalue weighted by molar-refractivity contribution is -0.118. The molecule has 0 aromatic heterocycles. The Labute approximate surface area is 170 Å². The Hall–Kier alpha value is -3.47. The zero-order chi connectivity index (χ0) is 20.0. The van der Waals surface area contributed by atoms with E-state index in [1.807, 2.05) is 67.6 Å². The molecule has 0 unspecified atom stereocenters. The van der Waals surface area contributed by atoms with E-state index in [0.29, 0.717) is 5.75 Å². The predicted molar refractivity (Wildman–Crippen MR) is 115 cm³/mol. The molecule has 5 nitrogen and oxygen atoms in total. The SMILES string of the molecule is Cc1ccc(NC(=O)C2(c3ccc4c(c3)OCO4)CC2)cc1-c1ccccc1N.[HH]. The van der Waals surface area contributed by atoms with Crippen LogP contribution >= 0.6 is 0 Å². The van der Waals surface area contributed by atoms with Gasteiger partial charge in [-0.05, 0) is 66.8 Å². The molecule has 0 spiro atoms. The Balaban J connectivity index is 0.00000218. The van der Waals surface area contributed by atoms with Gasteiger partial charge in [-0.2, -0.15) is 0 Å². The molecule has 1 aliphatic carbocycles. The lowest BCUT2D eigenvalue weighted by Gasteiger charge is -2.17. The summed E-state index contributed by atoms with van der Waals surface area (Å²) in [5.41, 5.74) is 11.2. The molecule has 1 aliphatic heterocycles. The number of fused-ring (bicyclic) bond motifs is 1. The maximum absolute atomic E-state index is 13.2. The fourth-order valence-corrected chi connectivity index (χ4v) is 3.95. The summed E-state index contributed by atoms with van der Waals surface area (Å²) in [4.78, 5) is 13.2. The Morgan fingerprint density at radius 3 is 2.59 bits per heavy atom. The number of carbonyl (C=O) groups is 1. The van der Waals surface area contributed by atoms with E-state index in [9.17, 15) is 4.79 Å². The van der Waals surface area contributed by atoms with Crippen LogP contribution in [0.4, 0.5) is 11.4 Å². The summed E-state index contributed by atoms with van der Waals surface area (Å²) in [5.74, 6) is 1.44. The number of nitrogen functional groups attached to an aromatic ring is 1. The van der Waals surface area contributed by atoms with E-state index in [1.54, 1.807) is 0 Å². The number of hydrogen-bond donors (Lipinski definition) is 2. The van der Waals surface area contributed by atoms with Crippen molar-refractivity contribution < 1.29 is 15.7 Å². The number of amides is 1. The lowest BCUT2D eigenvalue weighted by Crippen LogP contribution is -2.27. The third-order valence-corrected chi connectivity index (χ3v) is 5.86. The summed E-state index contributed by atoms with van der Waals surface area (Å²) in [6, 6.07) is 19.5. The van der Waals surface area contributed by atoms with Crippen LogP contribution in [0.3, 0.4) is 0 Å². The highest BCUT2D eigenvalue weighted by Gasteiger charge is 2.51. The van der Waals surface area contributed by atoms with Gasteiger partial charge in [0.05, 0.1) is 5.41 Å². The highest BCUT2D eigenvalue weighted by Crippen LogP contribution is 2.51. The molecule has 3 N–H and O–H groups in total. The van der Waals surface area contributed by atoms with Crippen molar-refractivity contribution in [3.8, 4) is 22.6 Å². The molecule has 2 aliphatic rings. The van der Waals surface area contributed by atoms with Crippen LogP contribution in [0.25, 0.3) is 11.1 Å². The largest absolute Gasteiger partial charge is 0.454 e. The van der Waals surface area contributed by atoms with Crippen molar-refractivity contribution >= 4 is 17.3 Å². The Bertz CT molecular complexity index is 1130. The fourth-order valence-electron chi connectivity index (χ4n) is 3.95. The van der Waals surface area contributed by atoms with Crippen LogP contribution in [-0.4, -0.2) is 12.7 Å². The maximum atomic E-state index is 13.2. The van der Waals surface area contributed by atoms with Crippen LogP contribution in [0.2, 0.25) is 0 Å². The first kappa shape index (κ1) is 17.6. The zero-order valence-electron chi connectivity index (χ0n) is 16.2. The van der Waals surface area contributed by atoms with Crippen LogP contribution in [0, 0.1) is 6.92 Å². The summed E-state index contributed by atoms with van der Waals surface area (Å²) in [6.07, 6.45) is 1.64. The summed E-state index contributed by atoms with van der Waals surface area (Å²) in [5, 5.41) is 3.12. The second kappa shape index (κ2) is 6.55. The van der Waals surface area contributed by atoms with E-state index >= 15 is 0 Å². The molecule has 148 valence electrons. The number of aryl methyl sites for hydroxylation is 1. The third kappa shape index (κ3) is 2.99. The number of ether oxygens (including phenoxy) is 2. The van der Waals surface area contributed by atoms with Crippen molar-refractivity contribution in [1.29, 1.82) is 0 Å². The lowest BCUT2D eigenvalue weighted by atomic mass is 9.94. The first-order chi connectivity index (χ1) is 14.1. The van der Waals surface area contributed by atoms with Gasteiger partial charge in [0.2, 0.25) is 12.7 Å². The molecule has 1 saturated carbocycles. The van der Waals surface area contributed by atoms with Crippen molar-refractivity contribution in [2.45, 2.75) is 25.2 Å². The Morgan fingerprint density at radius 2 is 1.79 bits per heavy atom. The van der Waals surface area contributed by atoms with E-state index in [2.05, 4.69) is 5.32 Å². The quantitative estimate of drug-likeness (QED) is 0.624. The summed E-state index contributed by atoms with van der Waals surface area (Å²) < 4.78 is 10.9. The monoisotopic (exact) mass is 388 g/mol. The minimum absolute atomic E-state index is 0. The molecule has 0 saturated heterocycles. The highest BCUT2D eigenvalue weighted by atomic mass is 16.7. The molecular formula is C24H24N2O3. The molecule has 0 atom stereocenters. The van der Waals surface area contributed by atoms with Crippen molar-refractivity contribution in [2.75, 3.05) is 17.8 Å². The Morgan fingerprint density at radius 1 is 1.00 bits per heavy atom. The summed E-state index contributed by atoms with van der Waals surface area (Å²) >= 11 is 0. The summed E-state index contributed by atoms with van der Waals surface area (Å²) in [6.45, 7) is 2.27. The standard InChI is InChI=1S/C24H22N2O3.H2/c1-15-6-8-17(13-19(15)18-4-2-3-5-20(18)25)26-23(27)24(10-11-24)16-7-9-21-22(12-16)29-14-28-21;/h2-9,12-13H,10-11,14,25H2,1H3,(H,26,27);1H. The van der Waals surface area contributed by atoms with Crippen molar-refractivity contribution in [1.82, 2.24) is 0 Å². The van der Waals surface area contributed by atoms with Gasteiger partial charge >= 0.3 is 0 Å². The molecule has 29 heavy (non-hydrogen) atoms. The van der Waals surface area contributed by atoms with Gasteiger partial charge in [0.25, 0.3) is 0 Å². The van der Waals surface area contributed by atoms with Gasteiger partial charge in [-0.3, -0.25) is 4.79 Å². The number of para-hydroxylation sites is 1. The Kier molecular flexibility index (Phi) is 3.98. The minimum atomic E-state index is -0.502. The number of hydrogen-bond acceptors (Lipinski definition) is 4. The second-order valence-electron chi connectivity index (χ2n) is 7.72. The third-order valence-electron chi connectivity index (χ3n) is 5.86. The van der Waals surface area contributed by atoms with Crippen molar-refractivity contribution in [3.63, 3.8) is 0 Å². The van der Waals surface area contributed by atoms with Crippen LogP contribution in [0.1, 0.15) is 25.4 Å². The van der Waals surface area contributed by atoms with Gasteiger partial charge in [0.15, 0.2) is 11.5 Å². The molecule has 5 rings (SSSR count). The number of benzene rings is 3.